The monoisotopic (exact) mass is 526 g/mol. The van der Waals surface area contributed by atoms with E-state index in [1.807, 2.05) is 14.1 Å². The number of nitrogens with zero attached hydrogens (tertiary/aromatic N) is 3. The quantitative estimate of drug-likeness (QED) is 0.180. The molecule has 0 saturated carbocycles. The Morgan fingerprint density at radius 2 is 1.71 bits per heavy atom. The zero-order valence-electron chi connectivity index (χ0n) is 22.6. The van der Waals surface area contributed by atoms with Crippen molar-refractivity contribution >= 4 is 11.9 Å². The molecular formula is C28H36N3O7+. The molecule has 0 bridgehead atoms. The van der Waals surface area contributed by atoms with Crippen molar-refractivity contribution in [1.82, 2.24) is 9.47 Å². The number of imidazole rings is 1. The highest BCUT2D eigenvalue weighted by molar-refractivity contribution is 6.01. The molecule has 0 aliphatic rings. The Hall–Kier alpha value is -3.89. The van der Waals surface area contributed by atoms with Crippen molar-refractivity contribution in [3.8, 4) is 17.2 Å². The molecular weight excluding hydrogens is 490 g/mol. The van der Waals surface area contributed by atoms with E-state index in [4.69, 9.17) is 23.7 Å². The van der Waals surface area contributed by atoms with Crippen LogP contribution in [0.1, 0.15) is 28.4 Å². The second kappa shape index (κ2) is 14.2. The van der Waals surface area contributed by atoms with E-state index in [2.05, 4.69) is 4.90 Å². The number of methoxy groups -OCH3 is 2. The van der Waals surface area contributed by atoms with Gasteiger partial charge in [0.15, 0.2) is 6.10 Å². The van der Waals surface area contributed by atoms with Crippen molar-refractivity contribution in [2.45, 2.75) is 12.5 Å². The van der Waals surface area contributed by atoms with Gasteiger partial charge < -0.3 is 28.6 Å². The molecule has 0 radical (unpaired) electrons. The summed E-state index contributed by atoms with van der Waals surface area (Å²) in [6.07, 6.45) is 3.77. The predicted octanol–water partition coefficient (Wildman–Crippen LogP) is 3.29. The molecule has 204 valence electrons. The summed E-state index contributed by atoms with van der Waals surface area (Å²) in [4.78, 5) is 28.7. The summed E-state index contributed by atoms with van der Waals surface area (Å²) in [5, 5.41) is 0. The zero-order chi connectivity index (χ0) is 27.5. The lowest BCUT2D eigenvalue weighted by Crippen LogP contribution is -2.27. The van der Waals surface area contributed by atoms with Gasteiger partial charge in [-0.15, -0.1) is 4.57 Å². The summed E-state index contributed by atoms with van der Waals surface area (Å²) < 4.78 is 30.8. The smallest absolute Gasteiger partial charge is 0.497 e. The average molecular weight is 527 g/mol. The van der Waals surface area contributed by atoms with Gasteiger partial charge in [-0.05, 0) is 51.3 Å². The highest BCUT2D eigenvalue weighted by Gasteiger charge is 2.30. The van der Waals surface area contributed by atoms with Crippen molar-refractivity contribution < 1.29 is 37.8 Å². The van der Waals surface area contributed by atoms with Gasteiger partial charge in [0.2, 0.25) is 5.78 Å². The van der Waals surface area contributed by atoms with Gasteiger partial charge in [0.1, 0.15) is 36.2 Å². The Morgan fingerprint density at radius 1 is 0.974 bits per heavy atom. The number of ketones is 1. The number of carbonyl (C=O) groups excluding carboxylic acids is 2. The van der Waals surface area contributed by atoms with Crippen LogP contribution in [0.3, 0.4) is 0 Å². The second-order valence-corrected chi connectivity index (χ2v) is 8.91. The van der Waals surface area contributed by atoms with Crippen LogP contribution >= 0.6 is 0 Å². The fourth-order valence-electron chi connectivity index (χ4n) is 3.67. The van der Waals surface area contributed by atoms with Gasteiger partial charge in [-0.1, -0.05) is 12.1 Å². The normalized spacial score (nSPS) is 11.7. The van der Waals surface area contributed by atoms with Crippen LogP contribution in [-0.2, 0) is 16.5 Å². The highest BCUT2D eigenvalue weighted by atomic mass is 16.6. The number of Topliss-reactive ketones (excluding diaryl/α,β-unsaturated/α-hetero) is 1. The van der Waals surface area contributed by atoms with E-state index in [1.165, 1.54) is 18.8 Å². The maximum Gasteiger partial charge on any atom is 0.512 e. The summed E-state index contributed by atoms with van der Waals surface area (Å²) in [5.41, 5.74) is 0.737. The van der Waals surface area contributed by atoms with Gasteiger partial charge in [0, 0.05) is 23.8 Å². The Labute approximate surface area is 223 Å². The molecule has 0 saturated heterocycles. The number of ether oxygens (including phenoxy) is 5. The van der Waals surface area contributed by atoms with Gasteiger partial charge in [0.05, 0.1) is 27.9 Å². The first kappa shape index (κ1) is 28.7. The van der Waals surface area contributed by atoms with Crippen molar-refractivity contribution in [2.75, 3.05) is 54.7 Å². The topological polar surface area (TPSA) is 92.3 Å². The van der Waals surface area contributed by atoms with E-state index < -0.39 is 18.0 Å². The van der Waals surface area contributed by atoms with E-state index >= 15 is 0 Å². The molecule has 1 atom stereocenters. The van der Waals surface area contributed by atoms with Gasteiger partial charge in [0.25, 0.3) is 6.33 Å². The highest BCUT2D eigenvalue weighted by Crippen LogP contribution is 2.31. The first-order valence-corrected chi connectivity index (χ1v) is 12.3. The molecule has 2 aromatic carbocycles. The number of benzene rings is 2. The molecule has 0 amide bonds. The molecule has 0 fully saturated rings. The van der Waals surface area contributed by atoms with Crippen LogP contribution < -0.4 is 18.8 Å². The standard InChI is InChI=1S/C28H36N3O7/c1-29(2)10-7-13-36-14-15-37-23-9-6-8-21(16-23)26(32)27(38-28(33)31-12-11-30(3)20-31)22-17-24(34-4)19-25(18-22)35-5/h6,8-9,11-12,16-20,27H,7,10,13-15H2,1-5H3/q+1. The van der Waals surface area contributed by atoms with Gasteiger partial charge >= 0.3 is 6.09 Å². The third-order valence-corrected chi connectivity index (χ3v) is 5.62. The molecule has 3 aromatic rings. The number of aryl methyl sites for hydroxylation is 1. The van der Waals surface area contributed by atoms with Gasteiger partial charge in [-0.3, -0.25) is 4.79 Å². The van der Waals surface area contributed by atoms with Crippen molar-refractivity contribution in [3.05, 3.63) is 72.3 Å². The molecule has 38 heavy (non-hydrogen) atoms. The molecule has 1 heterocycles. The first-order chi connectivity index (χ1) is 18.3. The third kappa shape index (κ3) is 8.32. The zero-order valence-corrected chi connectivity index (χ0v) is 22.6. The predicted molar refractivity (Wildman–Crippen MR) is 140 cm³/mol. The number of aromatic nitrogens is 2. The van der Waals surface area contributed by atoms with E-state index in [0.717, 1.165) is 13.0 Å². The fourth-order valence-corrected chi connectivity index (χ4v) is 3.67. The lowest BCUT2D eigenvalue weighted by atomic mass is 9.99. The largest absolute Gasteiger partial charge is 0.512 e. The number of carbonyl (C=O) groups is 2. The maximum atomic E-state index is 13.7. The molecule has 0 spiro atoms. The molecule has 0 N–H and O–H groups in total. The Bertz CT molecular complexity index is 1190. The van der Waals surface area contributed by atoms with E-state index in [9.17, 15) is 9.59 Å². The molecule has 1 aromatic heterocycles. The average Bonchev–Trinajstić information content (AvgIpc) is 3.36. The van der Waals surface area contributed by atoms with E-state index in [0.29, 0.717) is 48.2 Å². The third-order valence-electron chi connectivity index (χ3n) is 5.62. The minimum atomic E-state index is -1.26. The van der Waals surface area contributed by atoms with Crippen molar-refractivity contribution in [3.63, 3.8) is 0 Å². The van der Waals surface area contributed by atoms with Crippen LogP contribution in [0.15, 0.2) is 61.2 Å². The van der Waals surface area contributed by atoms with Crippen molar-refractivity contribution in [1.29, 1.82) is 0 Å². The lowest BCUT2D eigenvalue weighted by molar-refractivity contribution is -0.670. The van der Waals surface area contributed by atoms with Crippen LogP contribution in [0.4, 0.5) is 4.79 Å². The molecule has 10 nitrogen and oxygen atoms in total. The van der Waals surface area contributed by atoms with Gasteiger partial charge in [-0.25, -0.2) is 4.57 Å². The fraction of sp³-hybridized carbons (Fsp3) is 0.393. The first-order valence-electron chi connectivity index (χ1n) is 12.3. The van der Waals surface area contributed by atoms with Crippen LogP contribution in [0.2, 0.25) is 0 Å². The SMILES string of the molecule is COc1cc(OC)cc(C(OC(=O)n2cc[n+](C)c2)C(=O)c2cccc(OCCOCCCN(C)C)c2)c1. The number of hydrogen-bond acceptors (Lipinski definition) is 8. The van der Waals surface area contributed by atoms with Crippen LogP contribution in [0, 0.1) is 0 Å². The van der Waals surface area contributed by atoms with Crippen LogP contribution in [0.25, 0.3) is 0 Å². The summed E-state index contributed by atoms with van der Waals surface area (Å²) in [6.45, 7) is 2.38. The van der Waals surface area contributed by atoms with E-state index in [1.54, 1.807) is 72.8 Å². The number of hydrogen-bond donors (Lipinski definition) is 0. The summed E-state index contributed by atoms with van der Waals surface area (Å²) >= 11 is 0. The minimum Gasteiger partial charge on any atom is -0.497 e. The van der Waals surface area contributed by atoms with Crippen LogP contribution in [0.5, 0.6) is 17.2 Å². The minimum absolute atomic E-state index is 0.326. The Kier molecular flexibility index (Phi) is 10.7. The van der Waals surface area contributed by atoms with Crippen molar-refractivity contribution in [2.24, 2.45) is 7.05 Å². The summed E-state index contributed by atoms with van der Waals surface area (Å²) in [6, 6.07) is 11.7. The second-order valence-electron chi connectivity index (χ2n) is 8.91. The lowest BCUT2D eigenvalue weighted by Gasteiger charge is -2.18. The maximum absolute atomic E-state index is 13.7. The van der Waals surface area contributed by atoms with E-state index in [-0.39, 0.29) is 0 Å². The molecule has 0 aliphatic carbocycles. The molecule has 3 rings (SSSR count). The molecule has 10 heteroatoms. The summed E-state index contributed by atoms with van der Waals surface area (Å²) in [7, 11) is 8.84. The van der Waals surface area contributed by atoms with Gasteiger partial charge in [-0.2, -0.15) is 4.79 Å². The Morgan fingerprint density at radius 3 is 2.34 bits per heavy atom. The summed E-state index contributed by atoms with van der Waals surface area (Å²) in [5.74, 6) is 1.01. The number of rotatable bonds is 14. The van der Waals surface area contributed by atoms with Crippen LogP contribution in [-0.4, -0.2) is 76.0 Å². The molecule has 0 aliphatic heterocycles. The molecule has 1 unspecified atom stereocenters. The Balaban J connectivity index is 1.77.